The molecule has 2 amide bonds. The maximum absolute atomic E-state index is 12.3. The summed E-state index contributed by atoms with van der Waals surface area (Å²) in [6.07, 6.45) is 0.756. The van der Waals surface area contributed by atoms with E-state index in [1.807, 2.05) is 6.07 Å². The fourth-order valence-corrected chi connectivity index (χ4v) is 2.69. The van der Waals surface area contributed by atoms with Gasteiger partial charge in [-0.15, -0.1) is 0 Å². The second kappa shape index (κ2) is 4.76. The molecule has 0 saturated carbocycles. The summed E-state index contributed by atoms with van der Waals surface area (Å²) in [5.74, 6) is 0.516. The van der Waals surface area contributed by atoms with Crippen LogP contribution >= 0.6 is 0 Å². The summed E-state index contributed by atoms with van der Waals surface area (Å²) in [6.45, 7) is 0. The number of anilines is 1. The van der Waals surface area contributed by atoms with Gasteiger partial charge in [-0.3, -0.25) is 19.1 Å². The second-order valence-electron chi connectivity index (χ2n) is 5.04. The zero-order valence-electron chi connectivity index (χ0n) is 11.9. The Labute approximate surface area is 121 Å². The van der Waals surface area contributed by atoms with E-state index in [1.54, 1.807) is 23.8 Å². The minimum atomic E-state index is -0.494. The number of piperidine rings is 1. The molecule has 21 heavy (non-hydrogen) atoms. The highest BCUT2D eigenvalue weighted by Gasteiger charge is 2.34. The first kappa shape index (κ1) is 13.4. The lowest BCUT2D eigenvalue weighted by atomic mass is 10.0. The van der Waals surface area contributed by atoms with Crippen molar-refractivity contribution in [1.82, 2.24) is 14.5 Å². The number of hydrogen-bond acceptors (Lipinski definition) is 5. The van der Waals surface area contributed by atoms with E-state index in [2.05, 4.69) is 4.98 Å². The molecule has 1 atom stereocenters. The summed E-state index contributed by atoms with van der Waals surface area (Å²) >= 11 is 0. The van der Waals surface area contributed by atoms with E-state index in [-0.39, 0.29) is 17.8 Å². The molecule has 1 fully saturated rings. The van der Waals surface area contributed by atoms with Gasteiger partial charge in [0.2, 0.25) is 11.9 Å². The van der Waals surface area contributed by atoms with Crippen LogP contribution in [0.15, 0.2) is 18.2 Å². The molecule has 1 aliphatic rings. The lowest BCUT2D eigenvalue weighted by molar-refractivity contribution is -0.149. The van der Waals surface area contributed by atoms with Crippen molar-refractivity contribution in [2.75, 3.05) is 19.9 Å². The van der Waals surface area contributed by atoms with Crippen LogP contribution in [-0.4, -0.2) is 40.4 Å². The Morgan fingerprint density at radius 2 is 2.14 bits per heavy atom. The SMILES string of the molecule is COc1ccc2c(c1)nc(N)n2C1CCC(=O)N(C)C1=O. The fourth-order valence-electron chi connectivity index (χ4n) is 2.69. The fraction of sp³-hybridized carbons (Fsp3) is 0.357. The third-order valence-corrected chi connectivity index (χ3v) is 3.86. The van der Waals surface area contributed by atoms with Crippen LogP contribution < -0.4 is 10.5 Å². The number of aromatic nitrogens is 2. The monoisotopic (exact) mass is 288 g/mol. The Morgan fingerprint density at radius 1 is 1.38 bits per heavy atom. The molecule has 2 aromatic rings. The average Bonchev–Trinajstić information content (AvgIpc) is 2.80. The third kappa shape index (κ3) is 2.01. The standard InChI is InChI=1S/C14H16N4O3/c1-17-12(19)6-5-11(13(17)20)18-10-4-3-8(21-2)7-9(10)16-14(18)15/h3-4,7,11H,5-6H2,1-2H3,(H2,15,16). The summed E-state index contributed by atoms with van der Waals surface area (Å²) < 4.78 is 6.85. The molecule has 7 heteroatoms. The predicted octanol–water partition coefficient (Wildman–Crippen LogP) is 0.947. The van der Waals surface area contributed by atoms with Crippen LogP contribution in [0.2, 0.25) is 0 Å². The number of likely N-dealkylation sites (tertiary alicyclic amines) is 1. The average molecular weight is 288 g/mol. The van der Waals surface area contributed by atoms with E-state index in [9.17, 15) is 9.59 Å². The number of rotatable bonds is 2. The summed E-state index contributed by atoms with van der Waals surface area (Å²) in [6, 6.07) is 4.89. The van der Waals surface area contributed by atoms with E-state index in [1.165, 1.54) is 7.05 Å². The molecule has 2 heterocycles. The number of nitrogen functional groups attached to an aromatic ring is 1. The van der Waals surface area contributed by atoms with Crippen LogP contribution in [0.1, 0.15) is 18.9 Å². The van der Waals surface area contributed by atoms with Crippen molar-refractivity contribution >= 4 is 28.8 Å². The Hall–Kier alpha value is -2.57. The number of likely N-dealkylation sites (N-methyl/N-ethyl adjacent to an activating group) is 1. The van der Waals surface area contributed by atoms with Gasteiger partial charge >= 0.3 is 0 Å². The van der Waals surface area contributed by atoms with Crippen molar-refractivity contribution in [3.63, 3.8) is 0 Å². The highest BCUT2D eigenvalue weighted by atomic mass is 16.5. The number of carbonyl (C=O) groups is 2. The molecular formula is C14H16N4O3. The van der Waals surface area contributed by atoms with Crippen molar-refractivity contribution in [1.29, 1.82) is 0 Å². The number of benzene rings is 1. The summed E-state index contributed by atoms with van der Waals surface area (Å²) in [7, 11) is 3.07. The van der Waals surface area contributed by atoms with Crippen LogP contribution in [0.25, 0.3) is 11.0 Å². The first-order valence-corrected chi connectivity index (χ1v) is 6.64. The van der Waals surface area contributed by atoms with Gasteiger partial charge in [0.1, 0.15) is 11.8 Å². The van der Waals surface area contributed by atoms with E-state index in [0.29, 0.717) is 24.1 Å². The van der Waals surface area contributed by atoms with Crippen LogP contribution in [0, 0.1) is 0 Å². The quantitative estimate of drug-likeness (QED) is 0.831. The number of fused-ring (bicyclic) bond motifs is 1. The first-order valence-electron chi connectivity index (χ1n) is 6.64. The van der Waals surface area contributed by atoms with E-state index in [0.717, 1.165) is 10.4 Å². The maximum atomic E-state index is 12.3. The molecular weight excluding hydrogens is 272 g/mol. The van der Waals surface area contributed by atoms with Crippen LogP contribution in [0.5, 0.6) is 5.75 Å². The van der Waals surface area contributed by atoms with E-state index in [4.69, 9.17) is 10.5 Å². The van der Waals surface area contributed by atoms with Gasteiger partial charge < -0.3 is 10.5 Å². The Balaban J connectivity index is 2.10. The molecule has 1 saturated heterocycles. The molecule has 0 spiro atoms. The van der Waals surface area contributed by atoms with Gasteiger partial charge in [0.05, 0.1) is 18.1 Å². The number of imide groups is 1. The number of methoxy groups -OCH3 is 1. The Morgan fingerprint density at radius 3 is 2.86 bits per heavy atom. The molecule has 0 radical (unpaired) electrons. The molecule has 1 aromatic carbocycles. The lowest BCUT2D eigenvalue weighted by Gasteiger charge is -2.29. The summed E-state index contributed by atoms with van der Waals surface area (Å²) in [5, 5.41) is 0. The summed E-state index contributed by atoms with van der Waals surface area (Å²) in [5.41, 5.74) is 7.40. The number of hydrogen-bond donors (Lipinski definition) is 1. The van der Waals surface area contributed by atoms with Crippen LogP contribution in [0.3, 0.4) is 0 Å². The van der Waals surface area contributed by atoms with Gasteiger partial charge in [0.15, 0.2) is 0 Å². The molecule has 1 unspecified atom stereocenters. The van der Waals surface area contributed by atoms with Crippen LogP contribution in [0.4, 0.5) is 5.95 Å². The maximum Gasteiger partial charge on any atom is 0.252 e. The third-order valence-electron chi connectivity index (χ3n) is 3.86. The van der Waals surface area contributed by atoms with Gasteiger partial charge in [-0.1, -0.05) is 0 Å². The number of carbonyl (C=O) groups excluding carboxylic acids is 2. The molecule has 0 bridgehead atoms. The lowest BCUT2D eigenvalue weighted by Crippen LogP contribution is -2.43. The van der Waals surface area contributed by atoms with Crippen molar-refractivity contribution in [3.8, 4) is 5.75 Å². The molecule has 3 rings (SSSR count). The molecule has 2 N–H and O–H groups in total. The number of ether oxygens (including phenoxy) is 1. The number of nitrogens with two attached hydrogens (primary N) is 1. The molecule has 1 aromatic heterocycles. The zero-order valence-corrected chi connectivity index (χ0v) is 11.9. The van der Waals surface area contributed by atoms with Crippen molar-refractivity contribution in [2.45, 2.75) is 18.9 Å². The normalized spacial score (nSPS) is 19.3. The molecule has 110 valence electrons. The van der Waals surface area contributed by atoms with E-state index < -0.39 is 6.04 Å². The number of imidazole rings is 1. The second-order valence-corrected chi connectivity index (χ2v) is 5.04. The van der Waals surface area contributed by atoms with Gasteiger partial charge in [-0.25, -0.2) is 4.98 Å². The smallest absolute Gasteiger partial charge is 0.252 e. The molecule has 0 aliphatic carbocycles. The summed E-state index contributed by atoms with van der Waals surface area (Å²) in [4.78, 5) is 29.3. The number of amides is 2. The van der Waals surface area contributed by atoms with Gasteiger partial charge in [-0.2, -0.15) is 0 Å². The van der Waals surface area contributed by atoms with E-state index >= 15 is 0 Å². The topological polar surface area (TPSA) is 90.4 Å². The molecule has 1 aliphatic heterocycles. The van der Waals surface area contributed by atoms with Gasteiger partial charge in [0.25, 0.3) is 5.91 Å². The minimum absolute atomic E-state index is 0.166. The van der Waals surface area contributed by atoms with Crippen LogP contribution in [-0.2, 0) is 9.59 Å². The van der Waals surface area contributed by atoms with Crippen molar-refractivity contribution in [2.24, 2.45) is 0 Å². The van der Waals surface area contributed by atoms with Gasteiger partial charge in [-0.05, 0) is 18.6 Å². The number of nitrogens with zero attached hydrogens (tertiary/aromatic N) is 3. The van der Waals surface area contributed by atoms with Crippen molar-refractivity contribution < 1.29 is 14.3 Å². The highest BCUT2D eigenvalue weighted by molar-refractivity contribution is 6.00. The Kier molecular flexibility index (Phi) is 3.04. The van der Waals surface area contributed by atoms with Gasteiger partial charge in [0, 0.05) is 19.5 Å². The zero-order chi connectivity index (χ0) is 15.1. The largest absolute Gasteiger partial charge is 0.497 e. The highest BCUT2D eigenvalue weighted by Crippen LogP contribution is 2.31. The van der Waals surface area contributed by atoms with Crippen molar-refractivity contribution in [3.05, 3.63) is 18.2 Å². The predicted molar refractivity (Wildman–Crippen MR) is 76.7 cm³/mol. The molecule has 7 nitrogen and oxygen atoms in total. The first-order chi connectivity index (χ1) is 10.0. The minimum Gasteiger partial charge on any atom is -0.497 e. The Bertz CT molecular complexity index is 737.